The molecule has 1 heterocycles. The van der Waals surface area contributed by atoms with Gasteiger partial charge in [-0.3, -0.25) is 9.69 Å². The van der Waals surface area contributed by atoms with Crippen LogP contribution in [0.5, 0.6) is 5.75 Å². The maximum atomic E-state index is 12.9. The summed E-state index contributed by atoms with van der Waals surface area (Å²) in [4.78, 5) is 17.3. The normalized spacial score (nSPS) is 14.4. The maximum Gasteiger partial charge on any atom is 0.253 e. The van der Waals surface area contributed by atoms with Crippen LogP contribution in [0.1, 0.15) is 21.5 Å². The van der Waals surface area contributed by atoms with E-state index in [0.29, 0.717) is 22.9 Å². The van der Waals surface area contributed by atoms with Gasteiger partial charge in [-0.1, -0.05) is 73.8 Å². The summed E-state index contributed by atoms with van der Waals surface area (Å²) in [6, 6.07) is 21.4. The molecule has 1 aliphatic rings. The third kappa shape index (κ3) is 5.93. The number of carbonyl (C=O) groups is 1. The molecule has 1 amide bonds. The van der Waals surface area contributed by atoms with Gasteiger partial charge in [-0.25, -0.2) is 0 Å². The number of benzene rings is 3. The largest absolute Gasteiger partial charge is 0.487 e. The number of carbonyl (C=O) groups excluding carboxylic acids is 1. The van der Waals surface area contributed by atoms with Crippen LogP contribution in [0.25, 0.3) is 0 Å². The van der Waals surface area contributed by atoms with Crippen molar-refractivity contribution in [3.8, 4) is 5.75 Å². The summed E-state index contributed by atoms with van der Waals surface area (Å²) in [5, 5.41) is 0.560. The van der Waals surface area contributed by atoms with E-state index in [9.17, 15) is 4.79 Å². The number of amides is 1. The van der Waals surface area contributed by atoms with Gasteiger partial charge in [0, 0.05) is 47.2 Å². The number of rotatable bonds is 6. The van der Waals surface area contributed by atoms with E-state index >= 15 is 0 Å². The molecule has 4 nitrogen and oxygen atoms in total. The lowest BCUT2D eigenvalue weighted by atomic mass is 10.1. The van der Waals surface area contributed by atoms with Crippen LogP contribution in [0.3, 0.4) is 0 Å². The maximum absolute atomic E-state index is 12.9. The first kappa shape index (κ1) is 23.3. The predicted molar refractivity (Wildman–Crippen MR) is 135 cm³/mol. The van der Waals surface area contributed by atoms with Gasteiger partial charge < -0.3 is 9.64 Å². The Hall–Kier alpha value is -1.86. The van der Waals surface area contributed by atoms with Crippen LogP contribution in [-0.2, 0) is 13.2 Å². The second kappa shape index (κ2) is 10.8. The van der Waals surface area contributed by atoms with E-state index in [-0.39, 0.29) is 5.91 Å². The fraction of sp³-hybridized carbons (Fsp3) is 0.240. The predicted octanol–water partition coefficient (Wildman–Crippen LogP) is 6.40. The van der Waals surface area contributed by atoms with E-state index in [2.05, 4.69) is 55.0 Å². The fourth-order valence-corrected chi connectivity index (χ4v) is 4.79. The summed E-state index contributed by atoms with van der Waals surface area (Å²) in [5.41, 5.74) is 2.96. The molecule has 0 saturated carbocycles. The van der Waals surface area contributed by atoms with Crippen molar-refractivity contribution < 1.29 is 9.53 Å². The molecule has 0 bridgehead atoms. The molecule has 3 aromatic rings. The standard InChI is InChI=1S/C25H23Br2ClN2O2/c26-21-9-10-24(23(28)15-21)32-17-18-5-7-19(8-6-18)25(31)30-13-11-29(12-14-30)16-20-3-1-2-4-22(20)27/h1-10,15H,11-14,16-17H2. The van der Waals surface area contributed by atoms with E-state index in [4.69, 9.17) is 16.3 Å². The van der Waals surface area contributed by atoms with Gasteiger partial charge in [-0.05, 0) is 47.5 Å². The molecule has 0 atom stereocenters. The molecule has 7 heteroatoms. The molecule has 166 valence electrons. The van der Waals surface area contributed by atoms with Gasteiger partial charge in [0.25, 0.3) is 5.91 Å². The lowest BCUT2D eigenvalue weighted by Crippen LogP contribution is -2.48. The Labute approximate surface area is 210 Å². The average molecular weight is 579 g/mol. The van der Waals surface area contributed by atoms with Crippen molar-refractivity contribution in [2.75, 3.05) is 26.2 Å². The average Bonchev–Trinajstić information content (AvgIpc) is 2.80. The SMILES string of the molecule is O=C(c1ccc(COc2ccc(Br)cc2Cl)cc1)N1CCN(Cc2ccccc2Br)CC1. The quantitative estimate of drug-likeness (QED) is 0.339. The number of piperazine rings is 1. The smallest absolute Gasteiger partial charge is 0.253 e. The van der Waals surface area contributed by atoms with Crippen LogP contribution in [0.15, 0.2) is 75.7 Å². The Morgan fingerprint density at radius 2 is 1.66 bits per heavy atom. The van der Waals surface area contributed by atoms with Crippen molar-refractivity contribution in [1.82, 2.24) is 9.80 Å². The van der Waals surface area contributed by atoms with Gasteiger partial charge in [-0.15, -0.1) is 0 Å². The molecule has 1 aliphatic heterocycles. The minimum atomic E-state index is 0.0777. The molecule has 0 aromatic heterocycles. The van der Waals surface area contributed by atoms with Gasteiger partial charge in [0.2, 0.25) is 0 Å². The van der Waals surface area contributed by atoms with Crippen LogP contribution in [0.4, 0.5) is 0 Å². The minimum absolute atomic E-state index is 0.0777. The molecule has 1 fully saturated rings. The number of hydrogen-bond acceptors (Lipinski definition) is 3. The zero-order chi connectivity index (χ0) is 22.5. The number of halogens is 3. The summed E-state index contributed by atoms with van der Waals surface area (Å²) in [6.07, 6.45) is 0. The third-order valence-corrected chi connectivity index (χ3v) is 7.06. The molecule has 4 rings (SSSR count). The van der Waals surface area contributed by atoms with Gasteiger partial charge >= 0.3 is 0 Å². The monoisotopic (exact) mass is 576 g/mol. The van der Waals surface area contributed by atoms with Crippen LogP contribution in [0, 0.1) is 0 Å². The molecule has 3 aromatic carbocycles. The summed E-state index contributed by atoms with van der Waals surface area (Å²) in [5.74, 6) is 0.712. The van der Waals surface area contributed by atoms with Crippen LogP contribution >= 0.6 is 43.5 Å². The second-order valence-electron chi connectivity index (χ2n) is 7.72. The van der Waals surface area contributed by atoms with E-state index in [1.165, 1.54) is 5.56 Å². The fourth-order valence-electron chi connectivity index (χ4n) is 3.66. The molecule has 0 aliphatic carbocycles. The zero-order valence-corrected chi connectivity index (χ0v) is 21.4. The number of ether oxygens (including phenoxy) is 1. The Balaban J connectivity index is 1.29. The Morgan fingerprint density at radius 1 is 0.938 bits per heavy atom. The van der Waals surface area contributed by atoms with Crippen molar-refractivity contribution in [3.63, 3.8) is 0 Å². The zero-order valence-electron chi connectivity index (χ0n) is 17.4. The van der Waals surface area contributed by atoms with Crippen molar-refractivity contribution in [3.05, 3.63) is 97.4 Å². The highest BCUT2D eigenvalue weighted by Gasteiger charge is 2.22. The Bertz CT molecular complexity index is 1080. The molecule has 1 saturated heterocycles. The highest BCUT2D eigenvalue weighted by Crippen LogP contribution is 2.28. The first-order valence-electron chi connectivity index (χ1n) is 10.4. The van der Waals surface area contributed by atoms with E-state index in [1.54, 1.807) is 6.07 Å². The summed E-state index contributed by atoms with van der Waals surface area (Å²) in [6.45, 7) is 4.48. The summed E-state index contributed by atoms with van der Waals surface area (Å²) in [7, 11) is 0. The van der Waals surface area contributed by atoms with Crippen molar-refractivity contribution in [2.45, 2.75) is 13.2 Å². The first-order valence-corrected chi connectivity index (χ1v) is 12.4. The van der Waals surface area contributed by atoms with Crippen LogP contribution < -0.4 is 4.74 Å². The van der Waals surface area contributed by atoms with Crippen molar-refractivity contribution >= 4 is 49.4 Å². The van der Waals surface area contributed by atoms with Gasteiger partial charge in [0.15, 0.2) is 0 Å². The van der Waals surface area contributed by atoms with E-state index in [0.717, 1.165) is 47.2 Å². The lowest BCUT2D eigenvalue weighted by Gasteiger charge is -2.35. The third-order valence-electron chi connectivity index (χ3n) is 5.50. The molecular weight excluding hydrogens is 556 g/mol. The Kier molecular flexibility index (Phi) is 7.89. The van der Waals surface area contributed by atoms with Crippen LogP contribution in [0.2, 0.25) is 5.02 Å². The van der Waals surface area contributed by atoms with E-state index < -0.39 is 0 Å². The van der Waals surface area contributed by atoms with Gasteiger partial charge in [0.05, 0.1) is 5.02 Å². The number of nitrogens with zero attached hydrogens (tertiary/aromatic N) is 2. The molecule has 0 spiro atoms. The number of hydrogen-bond donors (Lipinski definition) is 0. The Morgan fingerprint density at radius 3 is 2.34 bits per heavy atom. The molecule has 32 heavy (non-hydrogen) atoms. The van der Waals surface area contributed by atoms with Gasteiger partial charge in [0.1, 0.15) is 12.4 Å². The van der Waals surface area contributed by atoms with Crippen molar-refractivity contribution in [1.29, 1.82) is 0 Å². The van der Waals surface area contributed by atoms with Crippen molar-refractivity contribution in [2.24, 2.45) is 0 Å². The lowest BCUT2D eigenvalue weighted by molar-refractivity contribution is 0.0628. The van der Waals surface area contributed by atoms with E-state index in [1.807, 2.05) is 47.4 Å². The first-order chi connectivity index (χ1) is 15.5. The molecular formula is C25H23Br2ClN2O2. The topological polar surface area (TPSA) is 32.8 Å². The summed E-state index contributed by atoms with van der Waals surface area (Å²) >= 11 is 13.2. The minimum Gasteiger partial charge on any atom is -0.487 e. The van der Waals surface area contributed by atoms with Crippen LogP contribution in [-0.4, -0.2) is 41.9 Å². The van der Waals surface area contributed by atoms with Gasteiger partial charge in [-0.2, -0.15) is 0 Å². The molecule has 0 N–H and O–H groups in total. The highest BCUT2D eigenvalue weighted by molar-refractivity contribution is 9.10. The second-order valence-corrected chi connectivity index (χ2v) is 9.90. The summed E-state index contributed by atoms with van der Waals surface area (Å²) < 4.78 is 7.84. The molecule has 0 radical (unpaired) electrons. The highest BCUT2D eigenvalue weighted by atomic mass is 79.9. The molecule has 0 unspecified atom stereocenters.